The standard InChI is InChI=1S/C11H9BrN4O3/c12-10-13-11(16(18)19)14-15(10)7-6-9(17)8-4-2-1-3-5-8/h1-5H,6-7H2. The predicted molar refractivity (Wildman–Crippen MR) is 69.8 cm³/mol. The van der Waals surface area contributed by atoms with Crippen molar-refractivity contribution in [3.63, 3.8) is 0 Å². The molecule has 0 amide bonds. The van der Waals surface area contributed by atoms with Crippen LogP contribution in [0.5, 0.6) is 0 Å². The zero-order valence-corrected chi connectivity index (χ0v) is 11.3. The Bertz CT molecular complexity index is 612. The monoisotopic (exact) mass is 324 g/mol. The highest BCUT2D eigenvalue weighted by Crippen LogP contribution is 2.13. The van der Waals surface area contributed by atoms with E-state index in [0.717, 1.165) is 0 Å². The Morgan fingerprint density at radius 3 is 2.63 bits per heavy atom. The summed E-state index contributed by atoms with van der Waals surface area (Å²) in [5, 5.41) is 14.2. The van der Waals surface area contributed by atoms with E-state index in [-0.39, 0.29) is 23.5 Å². The average Bonchev–Trinajstić information content (AvgIpc) is 2.79. The normalized spacial score (nSPS) is 10.4. The Balaban J connectivity index is 2.03. The molecular formula is C11H9BrN4O3. The molecule has 0 saturated heterocycles. The first-order chi connectivity index (χ1) is 9.08. The second-order valence-corrected chi connectivity index (χ2v) is 4.41. The Morgan fingerprint density at radius 1 is 1.37 bits per heavy atom. The lowest BCUT2D eigenvalue weighted by molar-refractivity contribution is -0.394. The second-order valence-electron chi connectivity index (χ2n) is 3.70. The van der Waals surface area contributed by atoms with Crippen molar-refractivity contribution in [1.29, 1.82) is 0 Å². The first kappa shape index (κ1) is 13.3. The van der Waals surface area contributed by atoms with Gasteiger partial charge in [0.25, 0.3) is 4.73 Å². The highest BCUT2D eigenvalue weighted by atomic mass is 79.9. The molecule has 1 aromatic heterocycles. The summed E-state index contributed by atoms with van der Waals surface area (Å²) in [7, 11) is 0. The van der Waals surface area contributed by atoms with Crippen molar-refractivity contribution in [2.75, 3.05) is 0 Å². The van der Waals surface area contributed by atoms with Crippen LogP contribution in [0, 0.1) is 10.1 Å². The summed E-state index contributed by atoms with van der Waals surface area (Å²) in [5.41, 5.74) is 0.605. The number of hydrogen-bond donors (Lipinski definition) is 0. The van der Waals surface area contributed by atoms with E-state index in [4.69, 9.17) is 0 Å². The molecule has 19 heavy (non-hydrogen) atoms. The minimum absolute atomic E-state index is 0.0503. The van der Waals surface area contributed by atoms with Crippen LogP contribution in [0.1, 0.15) is 16.8 Å². The molecule has 7 nitrogen and oxygen atoms in total. The number of nitrogens with zero attached hydrogens (tertiary/aromatic N) is 4. The Labute approximate surface area is 116 Å². The SMILES string of the molecule is O=C(CCn1nc([N+](=O)[O-])nc1Br)c1ccccc1. The largest absolute Gasteiger partial charge is 0.492 e. The Kier molecular flexibility index (Phi) is 4.00. The number of aryl methyl sites for hydroxylation is 1. The lowest BCUT2D eigenvalue weighted by Crippen LogP contribution is -2.07. The van der Waals surface area contributed by atoms with Crippen LogP contribution in [0.2, 0.25) is 0 Å². The van der Waals surface area contributed by atoms with Gasteiger partial charge in [-0.3, -0.25) is 4.79 Å². The number of rotatable bonds is 5. The molecule has 0 fully saturated rings. The maximum Gasteiger partial charge on any atom is 0.492 e. The van der Waals surface area contributed by atoms with Gasteiger partial charge in [-0.05, 0) is 9.91 Å². The van der Waals surface area contributed by atoms with Gasteiger partial charge in [-0.1, -0.05) is 30.3 Å². The Morgan fingerprint density at radius 2 is 2.05 bits per heavy atom. The van der Waals surface area contributed by atoms with Crippen LogP contribution in [0.4, 0.5) is 5.95 Å². The van der Waals surface area contributed by atoms with Crippen molar-refractivity contribution < 1.29 is 9.72 Å². The summed E-state index contributed by atoms with van der Waals surface area (Å²) in [4.78, 5) is 25.3. The summed E-state index contributed by atoms with van der Waals surface area (Å²) in [6.45, 7) is 0.231. The minimum Gasteiger partial charge on any atom is -0.390 e. The molecule has 0 bridgehead atoms. The van der Waals surface area contributed by atoms with E-state index >= 15 is 0 Å². The zero-order valence-electron chi connectivity index (χ0n) is 9.69. The van der Waals surface area contributed by atoms with Gasteiger partial charge >= 0.3 is 5.95 Å². The number of hydrogen-bond acceptors (Lipinski definition) is 5. The van der Waals surface area contributed by atoms with Crippen molar-refractivity contribution in [3.8, 4) is 0 Å². The lowest BCUT2D eigenvalue weighted by Gasteiger charge is -1.99. The first-order valence-corrected chi connectivity index (χ1v) is 6.20. The maximum atomic E-state index is 11.9. The van der Waals surface area contributed by atoms with Crippen LogP contribution in [-0.4, -0.2) is 25.5 Å². The third kappa shape index (κ3) is 3.22. The zero-order chi connectivity index (χ0) is 13.8. The van der Waals surface area contributed by atoms with E-state index in [0.29, 0.717) is 5.56 Å². The van der Waals surface area contributed by atoms with Gasteiger partial charge in [-0.15, -0.1) is 0 Å². The molecule has 0 unspecified atom stereocenters. The second kappa shape index (κ2) is 5.70. The quantitative estimate of drug-likeness (QED) is 0.477. The maximum absolute atomic E-state index is 11.9. The topological polar surface area (TPSA) is 90.9 Å². The molecule has 1 aromatic carbocycles. The third-order valence-corrected chi connectivity index (χ3v) is 3.01. The molecular weight excluding hydrogens is 316 g/mol. The van der Waals surface area contributed by atoms with Crippen molar-refractivity contribution in [2.24, 2.45) is 0 Å². The third-order valence-electron chi connectivity index (χ3n) is 2.43. The van der Waals surface area contributed by atoms with Gasteiger partial charge in [0, 0.05) is 33.0 Å². The highest BCUT2D eigenvalue weighted by Gasteiger charge is 2.19. The number of Topliss-reactive ketones (excluding diaryl/α,β-unsaturated/α-hetero) is 1. The van der Waals surface area contributed by atoms with E-state index in [9.17, 15) is 14.9 Å². The molecule has 0 atom stereocenters. The van der Waals surface area contributed by atoms with Gasteiger partial charge in [0.05, 0.1) is 6.54 Å². The smallest absolute Gasteiger partial charge is 0.390 e. The van der Waals surface area contributed by atoms with Crippen LogP contribution in [0.15, 0.2) is 35.1 Å². The number of benzene rings is 1. The van der Waals surface area contributed by atoms with Crippen LogP contribution in [0.25, 0.3) is 0 Å². The molecule has 0 saturated carbocycles. The van der Waals surface area contributed by atoms with Gasteiger partial charge in [-0.25, -0.2) is 0 Å². The molecule has 98 valence electrons. The van der Waals surface area contributed by atoms with E-state index in [1.807, 2.05) is 6.07 Å². The van der Waals surface area contributed by atoms with Crippen LogP contribution < -0.4 is 0 Å². The number of aromatic nitrogens is 3. The summed E-state index contributed by atoms with van der Waals surface area (Å²) < 4.78 is 1.53. The van der Waals surface area contributed by atoms with Gasteiger partial charge in [0.2, 0.25) is 0 Å². The molecule has 0 spiro atoms. The van der Waals surface area contributed by atoms with Crippen molar-refractivity contribution >= 4 is 27.7 Å². The highest BCUT2D eigenvalue weighted by molar-refractivity contribution is 9.10. The van der Waals surface area contributed by atoms with Crippen molar-refractivity contribution in [2.45, 2.75) is 13.0 Å². The molecule has 2 rings (SSSR count). The average molecular weight is 325 g/mol. The summed E-state index contributed by atoms with van der Waals surface area (Å²) in [6.07, 6.45) is 0.198. The molecule has 0 N–H and O–H groups in total. The predicted octanol–water partition coefficient (Wildman–Crippen LogP) is 2.22. The lowest BCUT2D eigenvalue weighted by atomic mass is 10.1. The molecule has 1 heterocycles. The molecule has 0 aliphatic rings. The molecule has 0 aliphatic heterocycles. The Hall–Kier alpha value is -2.09. The molecule has 0 radical (unpaired) electrons. The van der Waals surface area contributed by atoms with Crippen molar-refractivity contribution in [1.82, 2.24) is 14.8 Å². The number of carbonyl (C=O) groups excluding carboxylic acids is 1. The molecule has 2 aromatic rings. The number of nitro groups is 1. The van der Waals surface area contributed by atoms with E-state index in [1.54, 1.807) is 24.3 Å². The fourth-order valence-corrected chi connectivity index (χ4v) is 1.92. The van der Waals surface area contributed by atoms with E-state index in [2.05, 4.69) is 26.0 Å². The molecule has 8 heteroatoms. The van der Waals surface area contributed by atoms with Crippen LogP contribution in [0.3, 0.4) is 0 Å². The molecule has 0 aliphatic carbocycles. The van der Waals surface area contributed by atoms with Crippen molar-refractivity contribution in [3.05, 3.63) is 50.7 Å². The fourth-order valence-electron chi connectivity index (χ4n) is 1.51. The number of carbonyl (C=O) groups is 1. The summed E-state index contributed by atoms with van der Waals surface area (Å²) >= 11 is 3.07. The number of ketones is 1. The fraction of sp³-hybridized carbons (Fsp3) is 0.182. The van der Waals surface area contributed by atoms with Crippen LogP contribution in [-0.2, 0) is 6.54 Å². The van der Waals surface area contributed by atoms with E-state index < -0.39 is 10.9 Å². The van der Waals surface area contributed by atoms with Gasteiger partial charge in [0.15, 0.2) is 5.78 Å². The van der Waals surface area contributed by atoms with E-state index in [1.165, 1.54) is 4.68 Å². The van der Waals surface area contributed by atoms with Crippen LogP contribution >= 0.6 is 15.9 Å². The minimum atomic E-state index is -0.680. The van der Waals surface area contributed by atoms with Gasteiger partial charge in [-0.2, -0.15) is 4.68 Å². The summed E-state index contributed by atoms with van der Waals surface area (Å²) in [6, 6.07) is 8.84. The summed E-state index contributed by atoms with van der Waals surface area (Å²) in [5.74, 6) is -0.537. The van der Waals surface area contributed by atoms with Gasteiger partial charge in [0.1, 0.15) is 0 Å². The number of halogens is 1. The first-order valence-electron chi connectivity index (χ1n) is 5.41. The van der Waals surface area contributed by atoms with Gasteiger partial charge < -0.3 is 10.1 Å².